The van der Waals surface area contributed by atoms with Crippen molar-refractivity contribution in [1.82, 2.24) is 4.72 Å². The second-order valence-electron chi connectivity index (χ2n) is 8.83. The Hall–Kier alpha value is -0.273. The maximum atomic E-state index is 13.8. The molecule has 0 amide bonds. The number of hydrogen-bond acceptors (Lipinski definition) is 2. The molecule has 1 aromatic carbocycles. The molecule has 0 aliphatic carbocycles. The zero-order valence-corrected chi connectivity index (χ0v) is 19.1. The fraction of sp³-hybridized carbons (Fsp3) is 0.667. The van der Waals surface area contributed by atoms with Crippen molar-refractivity contribution in [1.29, 1.82) is 0 Å². The molecule has 0 unspecified atom stereocenters. The monoisotopic (exact) mass is 407 g/mol. The highest BCUT2D eigenvalue weighted by Gasteiger charge is 2.38. The molecule has 0 radical (unpaired) electrons. The summed E-state index contributed by atoms with van der Waals surface area (Å²) < 4.78 is 35.3. The summed E-state index contributed by atoms with van der Waals surface area (Å²) >= 11 is 6.01. The second-order valence-corrected chi connectivity index (χ2v) is 16.1. The Morgan fingerprint density at radius 3 is 2.20 bits per heavy atom. The van der Waals surface area contributed by atoms with E-state index in [1.54, 1.807) is 6.07 Å². The van der Waals surface area contributed by atoms with E-state index in [-0.39, 0.29) is 5.04 Å². The maximum absolute atomic E-state index is 13.8. The Bertz CT molecular complexity index is 606. The Labute approximate surface area is 160 Å². The first-order chi connectivity index (χ1) is 11.1. The Morgan fingerprint density at radius 1 is 1.20 bits per heavy atom. The summed E-state index contributed by atoms with van der Waals surface area (Å²) in [5, 5.41) is 0.371. The molecule has 144 valence electrons. The highest BCUT2D eigenvalue weighted by Crippen LogP contribution is 2.37. The molecule has 0 heterocycles. The predicted molar refractivity (Wildman–Crippen MR) is 108 cm³/mol. The molecule has 0 bridgehead atoms. The maximum Gasteiger partial charge on any atom is 0.192 e. The van der Waals surface area contributed by atoms with Crippen molar-refractivity contribution >= 4 is 30.9 Å². The number of halogens is 2. The van der Waals surface area contributed by atoms with Gasteiger partial charge in [-0.1, -0.05) is 32.4 Å². The van der Waals surface area contributed by atoms with Gasteiger partial charge >= 0.3 is 0 Å². The molecule has 0 spiro atoms. The molecule has 1 rings (SSSR count). The Kier molecular flexibility index (Phi) is 7.44. The van der Waals surface area contributed by atoms with Gasteiger partial charge in [0.25, 0.3) is 0 Å². The van der Waals surface area contributed by atoms with Crippen molar-refractivity contribution in [3.63, 3.8) is 0 Å². The molecule has 3 nitrogen and oxygen atoms in total. The molecule has 2 atom stereocenters. The lowest BCUT2D eigenvalue weighted by Gasteiger charge is -2.37. The van der Waals surface area contributed by atoms with Crippen molar-refractivity contribution < 1.29 is 13.0 Å². The molecule has 1 N–H and O–H groups in total. The molecule has 0 aliphatic rings. The molecule has 0 fully saturated rings. The summed E-state index contributed by atoms with van der Waals surface area (Å²) in [6, 6.07) is 3.97. The zero-order chi connectivity index (χ0) is 19.6. The van der Waals surface area contributed by atoms with Gasteiger partial charge in [-0.2, -0.15) is 0 Å². The first kappa shape index (κ1) is 22.8. The lowest BCUT2D eigenvalue weighted by molar-refractivity contribution is 0.257. The Morgan fingerprint density at radius 2 is 1.76 bits per heavy atom. The summed E-state index contributed by atoms with van der Waals surface area (Å²) in [4.78, 5) is 0. The highest BCUT2D eigenvalue weighted by molar-refractivity contribution is 7.84. The lowest BCUT2D eigenvalue weighted by Crippen LogP contribution is -2.44. The number of rotatable bonds is 6. The summed E-state index contributed by atoms with van der Waals surface area (Å²) in [7, 11) is -3.30. The topological polar surface area (TPSA) is 38.3 Å². The van der Waals surface area contributed by atoms with Crippen molar-refractivity contribution in [2.45, 2.75) is 70.5 Å². The third-order valence-corrected chi connectivity index (χ3v) is 10.8. The largest absolute Gasteiger partial charge is 0.415 e. The standard InChI is InChI=1S/C18H31ClFNO2SSi/c1-17(2,3)24(22)21-16(12-23-25(7,8)18(4,5)6)13-9-14(19)11-15(20)10-13/h9-11,16,21H,12H2,1-8H3/t16-,24+/m1/s1. The lowest BCUT2D eigenvalue weighted by atomic mass is 10.1. The van der Waals surface area contributed by atoms with Gasteiger partial charge < -0.3 is 4.43 Å². The van der Waals surface area contributed by atoms with Crippen molar-refractivity contribution in [3.05, 3.63) is 34.6 Å². The van der Waals surface area contributed by atoms with Crippen LogP contribution in [0.15, 0.2) is 18.2 Å². The van der Waals surface area contributed by atoms with Crippen molar-refractivity contribution in [2.24, 2.45) is 0 Å². The minimum atomic E-state index is -1.99. The SMILES string of the molecule is CC(C)(C)[S@](=O)N[C@H](CO[Si](C)(C)C(C)(C)C)c1cc(F)cc(Cl)c1. The van der Waals surface area contributed by atoms with Crippen LogP contribution in [0.25, 0.3) is 0 Å². The van der Waals surface area contributed by atoms with E-state index in [2.05, 4.69) is 38.6 Å². The smallest absolute Gasteiger partial charge is 0.192 e. The zero-order valence-electron chi connectivity index (χ0n) is 16.5. The van der Waals surface area contributed by atoms with Crippen LogP contribution < -0.4 is 4.72 Å². The van der Waals surface area contributed by atoms with Gasteiger partial charge in [-0.3, -0.25) is 0 Å². The number of benzene rings is 1. The van der Waals surface area contributed by atoms with Gasteiger partial charge in [0.2, 0.25) is 0 Å². The predicted octanol–water partition coefficient (Wildman–Crippen LogP) is 5.59. The van der Waals surface area contributed by atoms with E-state index in [9.17, 15) is 8.60 Å². The van der Waals surface area contributed by atoms with Crippen LogP contribution in [-0.2, 0) is 15.4 Å². The third-order valence-electron chi connectivity index (χ3n) is 4.51. The summed E-state index contributed by atoms with van der Waals surface area (Å²) in [5.41, 5.74) is 0.640. The fourth-order valence-electron chi connectivity index (χ4n) is 1.79. The molecule has 1 aromatic rings. The molecule has 0 aliphatic heterocycles. The first-order valence-corrected chi connectivity index (χ1v) is 12.8. The number of hydrogen-bond donors (Lipinski definition) is 1. The van der Waals surface area contributed by atoms with Crippen LogP contribution in [-0.4, -0.2) is 23.9 Å². The van der Waals surface area contributed by atoms with Crippen LogP contribution in [0.3, 0.4) is 0 Å². The van der Waals surface area contributed by atoms with E-state index in [0.717, 1.165) is 0 Å². The van der Waals surface area contributed by atoms with Crippen LogP contribution in [0.5, 0.6) is 0 Å². The van der Waals surface area contributed by atoms with Crippen LogP contribution >= 0.6 is 11.6 Å². The molecule has 0 saturated heterocycles. The van der Waals surface area contributed by atoms with E-state index in [4.69, 9.17) is 16.0 Å². The van der Waals surface area contributed by atoms with E-state index in [1.807, 2.05) is 20.8 Å². The van der Waals surface area contributed by atoms with E-state index in [0.29, 0.717) is 17.2 Å². The van der Waals surface area contributed by atoms with Crippen molar-refractivity contribution in [2.75, 3.05) is 6.61 Å². The second kappa shape index (κ2) is 8.17. The van der Waals surface area contributed by atoms with Crippen LogP contribution in [0.4, 0.5) is 4.39 Å². The average molecular weight is 408 g/mol. The van der Waals surface area contributed by atoms with Gasteiger partial charge in [-0.25, -0.2) is 13.3 Å². The molecule has 7 heteroatoms. The van der Waals surface area contributed by atoms with Crippen LogP contribution in [0, 0.1) is 5.82 Å². The molecule has 0 aromatic heterocycles. The highest BCUT2D eigenvalue weighted by atomic mass is 35.5. The summed E-state index contributed by atoms with van der Waals surface area (Å²) in [5.74, 6) is -0.414. The molecule has 0 saturated carbocycles. The minimum absolute atomic E-state index is 0.0559. The van der Waals surface area contributed by atoms with Gasteiger partial charge in [0.15, 0.2) is 8.32 Å². The van der Waals surface area contributed by atoms with Gasteiger partial charge in [0.05, 0.1) is 28.4 Å². The van der Waals surface area contributed by atoms with E-state index < -0.39 is 35.9 Å². The van der Waals surface area contributed by atoms with Crippen LogP contribution in [0.1, 0.15) is 53.1 Å². The molecular weight excluding hydrogens is 377 g/mol. The van der Waals surface area contributed by atoms with Gasteiger partial charge in [0.1, 0.15) is 5.82 Å². The summed E-state index contributed by atoms with van der Waals surface area (Å²) in [6.07, 6.45) is 0. The van der Waals surface area contributed by atoms with Gasteiger partial charge in [0, 0.05) is 5.02 Å². The third kappa shape index (κ3) is 6.75. The Balaban J connectivity index is 3.09. The van der Waals surface area contributed by atoms with Gasteiger partial charge in [-0.15, -0.1) is 0 Å². The van der Waals surface area contributed by atoms with E-state index >= 15 is 0 Å². The molecule has 25 heavy (non-hydrogen) atoms. The molecular formula is C18H31ClFNO2SSi. The minimum Gasteiger partial charge on any atom is -0.415 e. The van der Waals surface area contributed by atoms with E-state index in [1.165, 1.54) is 12.1 Å². The first-order valence-electron chi connectivity index (χ1n) is 8.41. The normalized spacial score (nSPS) is 15.9. The van der Waals surface area contributed by atoms with Crippen molar-refractivity contribution in [3.8, 4) is 0 Å². The average Bonchev–Trinajstić information content (AvgIpc) is 2.39. The quantitative estimate of drug-likeness (QED) is 0.623. The fourth-order valence-corrected chi connectivity index (χ4v) is 3.85. The van der Waals surface area contributed by atoms with Crippen LogP contribution in [0.2, 0.25) is 23.2 Å². The number of nitrogens with one attached hydrogen (secondary N) is 1. The van der Waals surface area contributed by atoms with Gasteiger partial charge in [-0.05, 0) is 62.7 Å². The summed E-state index contributed by atoms with van der Waals surface area (Å²) in [6.45, 7) is 16.8.